The topological polar surface area (TPSA) is 85.9 Å². The molecule has 2 fully saturated rings. The summed E-state index contributed by atoms with van der Waals surface area (Å²) in [7, 11) is 1.31. The zero-order valence-electron chi connectivity index (χ0n) is 22.3. The molecule has 210 valence electrons. The molecular formula is C31H32F2N2O5. The summed E-state index contributed by atoms with van der Waals surface area (Å²) in [6.07, 6.45) is 1.78. The molecule has 0 spiro atoms. The number of hydrogen-bond donors (Lipinski definition) is 2. The van der Waals surface area contributed by atoms with Gasteiger partial charge in [0.25, 0.3) is 0 Å². The van der Waals surface area contributed by atoms with Crippen LogP contribution in [0.2, 0.25) is 0 Å². The first kappa shape index (κ1) is 27.6. The summed E-state index contributed by atoms with van der Waals surface area (Å²) in [5, 5.41) is 5.36. The van der Waals surface area contributed by atoms with E-state index in [9.17, 15) is 18.4 Å². The smallest absolute Gasteiger partial charge is 0.243 e. The van der Waals surface area contributed by atoms with Gasteiger partial charge < -0.3 is 24.8 Å². The fourth-order valence-electron chi connectivity index (χ4n) is 5.24. The van der Waals surface area contributed by atoms with Gasteiger partial charge in [-0.1, -0.05) is 42.5 Å². The summed E-state index contributed by atoms with van der Waals surface area (Å²) in [4.78, 5) is 25.7. The van der Waals surface area contributed by atoms with Gasteiger partial charge in [-0.05, 0) is 36.1 Å². The van der Waals surface area contributed by atoms with E-state index < -0.39 is 29.5 Å². The average molecular weight is 551 g/mol. The van der Waals surface area contributed by atoms with Crippen LogP contribution in [-0.4, -0.2) is 44.7 Å². The molecule has 2 aliphatic rings. The van der Waals surface area contributed by atoms with E-state index in [0.717, 1.165) is 36.1 Å². The summed E-state index contributed by atoms with van der Waals surface area (Å²) in [6, 6.07) is 18.6. The van der Waals surface area contributed by atoms with Gasteiger partial charge in [-0.25, -0.2) is 8.78 Å². The highest BCUT2D eigenvalue weighted by Gasteiger charge is 2.47. The summed E-state index contributed by atoms with van der Waals surface area (Å²) in [6.45, 7) is 1.36. The molecule has 1 aliphatic carbocycles. The van der Waals surface area contributed by atoms with Gasteiger partial charge in [0.15, 0.2) is 0 Å². The van der Waals surface area contributed by atoms with Crippen molar-refractivity contribution in [3.8, 4) is 11.5 Å². The molecule has 3 aromatic rings. The van der Waals surface area contributed by atoms with Crippen LogP contribution in [-0.2, 0) is 26.3 Å². The highest BCUT2D eigenvalue weighted by Crippen LogP contribution is 2.51. The summed E-state index contributed by atoms with van der Waals surface area (Å²) in [5.74, 6) is -2.61. The minimum atomic E-state index is -1.08. The molecule has 3 aromatic carbocycles. The second-order valence-electron chi connectivity index (χ2n) is 10.3. The van der Waals surface area contributed by atoms with E-state index in [2.05, 4.69) is 10.6 Å². The van der Waals surface area contributed by atoms with Gasteiger partial charge in [-0.15, -0.1) is 0 Å². The second-order valence-corrected chi connectivity index (χ2v) is 10.3. The first-order chi connectivity index (χ1) is 19.4. The lowest BCUT2D eigenvalue weighted by molar-refractivity contribution is -0.127. The van der Waals surface area contributed by atoms with Crippen molar-refractivity contribution < 1.29 is 32.6 Å². The van der Waals surface area contributed by atoms with Crippen LogP contribution in [0.3, 0.4) is 0 Å². The molecular weight excluding hydrogens is 518 g/mol. The maximum absolute atomic E-state index is 14.7. The number of hydrogen-bond acceptors (Lipinski definition) is 5. The average Bonchev–Trinajstić information content (AvgIpc) is 3.65. The number of rotatable bonds is 12. The van der Waals surface area contributed by atoms with Crippen molar-refractivity contribution in [2.24, 2.45) is 0 Å². The minimum absolute atomic E-state index is 0.0174. The Kier molecular flexibility index (Phi) is 8.30. The second kappa shape index (κ2) is 12.0. The molecule has 2 amide bonds. The fourth-order valence-corrected chi connectivity index (χ4v) is 5.24. The Hall–Kier alpha value is -3.98. The van der Waals surface area contributed by atoms with Crippen molar-refractivity contribution in [1.29, 1.82) is 0 Å². The number of methoxy groups -OCH3 is 1. The number of benzene rings is 3. The molecule has 2 atom stereocenters. The van der Waals surface area contributed by atoms with Crippen molar-refractivity contribution in [1.82, 2.24) is 10.6 Å². The van der Waals surface area contributed by atoms with E-state index in [0.29, 0.717) is 25.6 Å². The number of amides is 2. The molecule has 0 aromatic heterocycles. The molecule has 1 saturated carbocycles. The van der Waals surface area contributed by atoms with Crippen LogP contribution >= 0.6 is 0 Å². The van der Waals surface area contributed by atoms with Gasteiger partial charge in [0, 0.05) is 42.0 Å². The van der Waals surface area contributed by atoms with Crippen LogP contribution in [0, 0.1) is 11.6 Å². The number of carbonyl (C=O) groups is 2. The normalized spacial score (nSPS) is 19.1. The lowest BCUT2D eigenvalue weighted by Crippen LogP contribution is -2.44. The zero-order valence-corrected chi connectivity index (χ0v) is 22.3. The van der Waals surface area contributed by atoms with Crippen molar-refractivity contribution >= 4 is 11.8 Å². The number of carbonyl (C=O) groups excluding carboxylic acids is 2. The van der Waals surface area contributed by atoms with E-state index in [4.69, 9.17) is 14.2 Å². The fraction of sp³-hybridized carbons (Fsp3) is 0.355. The number of halogens is 2. The van der Waals surface area contributed by atoms with Gasteiger partial charge in [-0.2, -0.15) is 0 Å². The number of nitrogens with one attached hydrogen (secondary N) is 2. The Morgan fingerprint density at radius 2 is 1.75 bits per heavy atom. The predicted molar refractivity (Wildman–Crippen MR) is 144 cm³/mol. The van der Waals surface area contributed by atoms with Gasteiger partial charge >= 0.3 is 0 Å². The third kappa shape index (κ3) is 6.25. The van der Waals surface area contributed by atoms with E-state index in [1.54, 1.807) is 0 Å². The van der Waals surface area contributed by atoms with Crippen LogP contribution in [0.25, 0.3) is 0 Å². The third-order valence-electron chi connectivity index (χ3n) is 7.56. The Morgan fingerprint density at radius 1 is 1.00 bits per heavy atom. The Balaban J connectivity index is 1.18. The SMILES string of the molecule is COc1cc(F)c([C@@H]2CNC(=O)[C@H]2NC(=O)CC2(c3cccc(OCCOCc4ccccc4)c3)CC2)c(F)c1. The van der Waals surface area contributed by atoms with Crippen molar-refractivity contribution in [3.63, 3.8) is 0 Å². The van der Waals surface area contributed by atoms with Crippen LogP contribution in [0.5, 0.6) is 11.5 Å². The largest absolute Gasteiger partial charge is 0.497 e. The quantitative estimate of drug-likeness (QED) is 0.327. The van der Waals surface area contributed by atoms with Crippen molar-refractivity contribution in [3.05, 3.63) is 95.1 Å². The van der Waals surface area contributed by atoms with E-state index >= 15 is 0 Å². The van der Waals surface area contributed by atoms with Crippen LogP contribution in [0.4, 0.5) is 8.78 Å². The Labute approximate surface area is 231 Å². The van der Waals surface area contributed by atoms with Gasteiger partial charge in [-0.3, -0.25) is 9.59 Å². The molecule has 1 heterocycles. The first-order valence-corrected chi connectivity index (χ1v) is 13.3. The van der Waals surface area contributed by atoms with Crippen LogP contribution < -0.4 is 20.1 Å². The molecule has 1 aliphatic heterocycles. The molecule has 2 N–H and O–H groups in total. The Morgan fingerprint density at radius 3 is 2.45 bits per heavy atom. The highest BCUT2D eigenvalue weighted by molar-refractivity contribution is 5.91. The predicted octanol–water partition coefficient (Wildman–Crippen LogP) is 4.39. The summed E-state index contributed by atoms with van der Waals surface area (Å²) in [5.41, 5.74) is 1.46. The third-order valence-corrected chi connectivity index (χ3v) is 7.56. The van der Waals surface area contributed by atoms with Gasteiger partial charge in [0.05, 0.1) is 20.3 Å². The van der Waals surface area contributed by atoms with Crippen LogP contribution in [0.1, 0.15) is 41.9 Å². The highest BCUT2D eigenvalue weighted by atomic mass is 19.1. The van der Waals surface area contributed by atoms with Gasteiger partial charge in [0.2, 0.25) is 11.8 Å². The van der Waals surface area contributed by atoms with E-state index in [-0.39, 0.29) is 35.6 Å². The molecule has 0 bridgehead atoms. The molecule has 1 saturated heterocycles. The lowest BCUT2D eigenvalue weighted by Gasteiger charge is -2.22. The minimum Gasteiger partial charge on any atom is -0.497 e. The van der Waals surface area contributed by atoms with Gasteiger partial charge in [0.1, 0.15) is 35.8 Å². The van der Waals surface area contributed by atoms with Crippen molar-refractivity contribution in [2.45, 2.75) is 43.2 Å². The molecule has 5 rings (SSSR count). The molecule has 40 heavy (non-hydrogen) atoms. The maximum Gasteiger partial charge on any atom is 0.243 e. The number of ether oxygens (including phenoxy) is 3. The summed E-state index contributed by atoms with van der Waals surface area (Å²) < 4.78 is 46.0. The lowest BCUT2D eigenvalue weighted by atomic mass is 9.90. The molecule has 0 radical (unpaired) electrons. The summed E-state index contributed by atoms with van der Waals surface area (Å²) >= 11 is 0. The van der Waals surface area contributed by atoms with Crippen molar-refractivity contribution in [2.75, 3.05) is 26.9 Å². The first-order valence-electron chi connectivity index (χ1n) is 13.3. The van der Waals surface area contributed by atoms with E-state index in [1.807, 2.05) is 54.6 Å². The van der Waals surface area contributed by atoms with E-state index in [1.165, 1.54) is 7.11 Å². The monoisotopic (exact) mass is 550 g/mol. The molecule has 7 nitrogen and oxygen atoms in total. The maximum atomic E-state index is 14.7. The Bertz CT molecular complexity index is 1340. The molecule has 0 unspecified atom stereocenters. The standard InChI is InChI=1S/C31H32F2N2O5/c1-38-23-15-25(32)28(26(33)16-23)24-18-34-30(37)29(24)35-27(36)17-31(10-11-31)21-8-5-9-22(14-21)40-13-12-39-19-20-6-3-2-4-7-20/h2-9,14-16,24,29H,10-13,17-19H2,1H3,(H,34,37)(H,35,36)/t24-,29-/m0/s1. The zero-order chi connectivity index (χ0) is 28.1. The van der Waals surface area contributed by atoms with Crippen LogP contribution in [0.15, 0.2) is 66.7 Å². The molecule has 9 heteroatoms.